The van der Waals surface area contributed by atoms with Crippen molar-refractivity contribution in [2.45, 2.75) is 98.9 Å². The van der Waals surface area contributed by atoms with Crippen LogP contribution in [0.4, 0.5) is 4.79 Å². The number of aliphatic hydroxyl groups excluding tert-OH is 1. The van der Waals surface area contributed by atoms with Gasteiger partial charge in [0, 0.05) is 12.1 Å². The molecule has 0 rings (SSSR count). The Hall–Kier alpha value is -1.87. The number of nitrogens with one attached hydrogen (secondary N) is 4. The first kappa shape index (κ1) is 31.1. The minimum Gasteiger partial charge on any atom is -0.389 e. The van der Waals surface area contributed by atoms with Crippen molar-refractivity contribution in [3.8, 4) is 0 Å². The van der Waals surface area contributed by atoms with Crippen LogP contribution in [0.3, 0.4) is 0 Å². The van der Waals surface area contributed by atoms with Crippen molar-refractivity contribution >= 4 is 17.8 Å². The van der Waals surface area contributed by atoms with Crippen LogP contribution in [0.2, 0.25) is 0 Å². The lowest BCUT2D eigenvalue weighted by Gasteiger charge is -2.35. The van der Waals surface area contributed by atoms with E-state index in [1.165, 1.54) is 0 Å². The molecule has 0 aromatic heterocycles. The van der Waals surface area contributed by atoms with Gasteiger partial charge in [-0.1, -0.05) is 41.5 Å². The Morgan fingerprint density at radius 3 is 2.00 bits per heavy atom. The van der Waals surface area contributed by atoms with Crippen molar-refractivity contribution in [1.29, 1.82) is 0 Å². The molecule has 0 aromatic carbocycles. The monoisotopic (exact) mass is 471 g/mol. The number of rotatable bonds is 12. The molecule has 0 spiro atoms. The molecular weight excluding hydrogens is 422 g/mol. The molecule has 0 fully saturated rings. The Morgan fingerprint density at radius 1 is 1.00 bits per heavy atom. The topological polar surface area (TPSA) is 123 Å². The maximum Gasteiger partial charge on any atom is 0.317 e. The average Bonchev–Trinajstić information content (AvgIpc) is 2.64. The van der Waals surface area contributed by atoms with Gasteiger partial charge in [0.25, 0.3) is 0 Å². The van der Waals surface area contributed by atoms with Gasteiger partial charge in [-0.2, -0.15) is 0 Å². The smallest absolute Gasteiger partial charge is 0.317 e. The van der Waals surface area contributed by atoms with E-state index in [1.54, 1.807) is 11.9 Å². The van der Waals surface area contributed by atoms with E-state index in [0.717, 1.165) is 6.42 Å². The van der Waals surface area contributed by atoms with E-state index in [1.807, 2.05) is 48.5 Å². The number of aliphatic hydroxyl groups is 1. The standard InChI is InChI=1S/C24H49N5O4/c1-11-17(26-21(32)20(23(4,5)6)27-19(31)14-25-10)18(30)15-29(13-12-16(2)3)22(33)28-24(7,8)9/h16-18,20,25,30H,11-15H2,1-10H3,(H,26,32)(H,27,31)(H,28,33)/t17-,18+,20+/m0/s1. The zero-order chi connectivity index (χ0) is 26.0. The second kappa shape index (κ2) is 13.7. The third-order valence-corrected chi connectivity index (χ3v) is 5.16. The third kappa shape index (κ3) is 12.8. The molecule has 0 bridgehead atoms. The quantitative estimate of drug-likeness (QED) is 0.297. The Bertz CT molecular complexity index is 625. The van der Waals surface area contributed by atoms with Gasteiger partial charge >= 0.3 is 6.03 Å². The molecule has 4 amide bonds. The van der Waals surface area contributed by atoms with Crippen LogP contribution < -0.4 is 21.3 Å². The maximum atomic E-state index is 13.1. The molecule has 0 aromatic rings. The summed E-state index contributed by atoms with van der Waals surface area (Å²) in [5.74, 6) is -0.229. The van der Waals surface area contributed by atoms with Crippen molar-refractivity contribution in [3.05, 3.63) is 0 Å². The van der Waals surface area contributed by atoms with E-state index < -0.39 is 29.1 Å². The number of carbonyl (C=O) groups excluding carboxylic acids is 3. The summed E-state index contributed by atoms with van der Waals surface area (Å²) in [6, 6.07) is -1.57. The predicted molar refractivity (Wildman–Crippen MR) is 133 cm³/mol. The summed E-state index contributed by atoms with van der Waals surface area (Å²) in [4.78, 5) is 39.6. The van der Waals surface area contributed by atoms with Gasteiger partial charge in [-0.15, -0.1) is 0 Å². The van der Waals surface area contributed by atoms with E-state index >= 15 is 0 Å². The average molecular weight is 472 g/mol. The van der Waals surface area contributed by atoms with Crippen LogP contribution in [0.15, 0.2) is 0 Å². The molecule has 9 nitrogen and oxygen atoms in total. The van der Waals surface area contributed by atoms with E-state index in [-0.39, 0.29) is 30.9 Å². The highest BCUT2D eigenvalue weighted by Gasteiger charge is 2.35. The van der Waals surface area contributed by atoms with Crippen LogP contribution in [-0.4, -0.2) is 78.3 Å². The fourth-order valence-corrected chi connectivity index (χ4v) is 3.23. The summed E-state index contributed by atoms with van der Waals surface area (Å²) in [5, 5.41) is 22.4. The summed E-state index contributed by atoms with van der Waals surface area (Å²) in [5.41, 5.74) is -0.922. The van der Waals surface area contributed by atoms with Crippen LogP contribution in [0.1, 0.15) is 75.2 Å². The molecule has 9 heteroatoms. The SMILES string of the molecule is CC[C@H](NC(=O)[C@@H](NC(=O)CNC)C(C)(C)C)[C@H](O)CN(CCC(C)C)C(=O)NC(C)(C)C. The second-order valence-corrected chi connectivity index (χ2v) is 11.3. The summed E-state index contributed by atoms with van der Waals surface area (Å²) >= 11 is 0. The van der Waals surface area contributed by atoms with Gasteiger partial charge in [0.15, 0.2) is 0 Å². The first-order chi connectivity index (χ1) is 15.0. The minimum absolute atomic E-state index is 0.0969. The molecule has 0 heterocycles. The Morgan fingerprint density at radius 2 is 1.58 bits per heavy atom. The molecule has 0 aliphatic carbocycles. The summed E-state index contributed by atoms with van der Waals surface area (Å²) in [6.07, 6.45) is 0.329. The Labute approximate surface area is 200 Å². The fourth-order valence-electron chi connectivity index (χ4n) is 3.23. The lowest BCUT2D eigenvalue weighted by Crippen LogP contribution is -2.59. The van der Waals surface area contributed by atoms with Gasteiger partial charge in [0.05, 0.1) is 25.2 Å². The molecule has 0 saturated heterocycles. The third-order valence-electron chi connectivity index (χ3n) is 5.16. The highest BCUT2D eigenvalue weighted by molar-refractivity contribution is 5.89. The van der Waals surface area contributed by atoms with Gasteiger partial charge in [-0.25, -0.2) is 4.79 Å². The van der Waals surface area contributed by atoms with E-state index in [0.29, 0.717) is 18.9 Å². The van der Waals surface area contributed by atoms with Crippen LogP contribution >= 0.6 is 0 Å². The maximum absolute atomic E-state index is 13.1. The number of nitrogens with zero attached hydrogens (tertiary/aromatic N) is 1. The van der Waals surface area contributed by atoms with Crippen molar-refractivity contribution in [3.63, 3.8) is 0 Å². The number of amides is 4. The normalized spacial score (nSPS) is 14.9. The van der Waals surface area contributed by atoms with Gasteiger partial charge in [0.1, 0.15) is 6.04 Å². The molecule has 0 saturated carbocycles. The van der Waals surface area contributed by atoms with Gasteiger partial charge in [-0.3, -0.25) is 9.59 Å². The first-order valence-electron chi connectivity index (χ1n) is 12.0. The molecule has 194 valence electrons. The lowest BCUT2D eigenvalue weighted by atomic mass is 9.85. The lowest BCUT2D eigenvalue weighted by molar-refractivity contribution is -0.132. The van der Waals surface area contributed by atoms with Gasteiger partial charge < -0.3 is 31.3 Å². The molecule has 3 atom stereocenters. The van der Waals surface area contributed by atoms with Crippen molar-refractivity contribution in [2.75, 3.05) is 26.7 Å². The fraction of sp³-hybridized carbons (Fsp3) is 0.875. The van der Waals surface area contributed by atoms with E-state index in [2.05, 4.69) is 35.1 Å². The number of likely N-dealkylation sites (N-methyl/N-ethyl adjacent to an activating group) is 1. The number of hydrogen-bond acceptors (Lipinski definition) is 5. The summed E-state index contributed by atoms with van der Waals surface area (Å²) in [7, 11) is 1.66. The van der Waals surface area contributed by atoms with E-state index in [4.69, 9.17) is 0 Å². The highest BCUT2D eigenvalue weighted by atomic mass is 16.3. The van der Waals surface area contributed by atoms with Gasteiger partial charge in [0.2, 0.25) is 11.8 Å². The molecule has 33 heavy (non-hydrogen) atoms. The number of carbonyl (C=O) groups is 3. The predicted octanol–water partition coefficient (Wildman–Crippen LogP) is 1.85. The molecular formula is C24H49N5O4. The van der Waals surface area contributed by atoms with Crippen molar-refractivity contribution in [1.82, 2.24) is 26.2 Å². The van der Waals surface area contributed by atoms with Crippen LogP contribution in [-0.2, 0) is 9.59 Å². The molecule has 0 radical (unpaired) electrons. The van der Waals surface area contributed by atoms with Crippen LogP contribution in [0.5, 0.6) is 0 Å². The minimum atomic E-state index is -0.953. The summed E-state index contributed by atoms with van der Waals surface area (Å²) in [6.45, 7) is 18.1. The summed E-state index contributed by atoms with van der Waals surface area (Å²) < 4.78 is 0. The van der Waals surface area contributed by atoms with Crippen LogP contribution in [0, 0.1) is 11.3 Å². The van der Waals surface area contributed by atoms with Crippen molar-refractivity contribution in [2.24, 2.45) is 11.3 Å². The molecule has 0 aliphatic rings. The number of urea groups is 1. The van der Waals surface area contributed by atoms with E-state index in [9.17, 15) is 19.5 Å². The van der Waals surface area contributed by atoms with Crippen LogP contribution in [0.25, 0.3) is 0 Å². The van der Waals surface area contributed by atoms with Gasteiger partial charge in [-0.05, 0) is 52.0 Å². The zero-order valence-corrected chi connectivity index (χ0v) is 22.5. The van der Waals surface area contributed by atoms with Crippen molar-refractivity contribution < 1.29 is 19.5 Å². The Balaban J connectivity index is 5.42. The highest BCUT2D eigenvalue weighted by Crippen LogP contribution is 2.20. The zero-order valence-electron chi connectivity index (χ0n) is 22.5. The second-order valence-electron chi connectivity index (χ2n) is 11.3. The number of hydrogen-bond donors (Lipinski definition) is 5. The Kier molecular flexibility index (Phi) is 13.0. The molecule has 5 N–H and O–H groups in total. The first-order valence-corrected chi connectivity index (χ1v) is 12.0. The molecule has 0 unspecified atom stereocenters. The molecule has 0 aliphatic heterocycles. The largest absolute Gasteiger partial charge is 0.389 e.